The van der Waals surface area contributed by atoms with Gasteiger partial charge in [-0.25, -0.2) is 0 Å². The molecular weight excluding hydrogens is 226 g/mol. The second kappa shape index (κ2) is 4.59. The summed E-state index contributed by atoms with van der Waals surface area (Å²) in [4.78, 5) is 13.7. The van der Waals surface area contributed by atoms with Gasteiger partial charge in [-0.3, -0.25) is 4.79 Å². The lowest BCUT2D eigenvalue weighted by Crippen LogP contribution is -2.25. The Morgan fingerprint density at radius 3 is 2.60 bits per heavy atom. The first-order valence-corrected chi connectivity index (χ1v) is 6.41. The molecule has 1 amide bonds. The maximum Gasteiger partial charge on any atom is 0.261 e. The Morgan fingerprint density at radius 2 is 2.00 bits per heavy atom. The van der Waals surface area contributed by atoms with Crippen molar-refractivity contribution in [2.45, 2.75) is 13.0 Å². The highest BCUT2D eigenvalue weighted by atomic mass is 32.1. The van der Waals surface area contributed by atoms with Crippen molar-refractivity contribution in [1.29, 1.82) is 0 Å². The Kier molecular flexibility index (Phi) is 3.18. The standard InChI is InChI=1S/C11H11NOS2/c1-8(9-4-2-6-14-9)12-11(13)10-5-3-7-15-10/h2-8H,1H3,(H,12,13). The molecule has 0 bridgehead atoms. The Labute approximate surface area is 96.6 Å². The van der Waals surface area contributed by atoms with Crippen molar-refractivity contribution in [3.63, 3.8) is 0 Å². The molecule has 15 heavy (non-hydrogen) atoms. The first-order valence-electron chi connectivity index (χ1n) is 4.65. The fourth-order valence-corrected chi connectivity index (χ4v) is 2.65. The van der Waals surface area contributed by atoms with Crippen LogP contribution in [0.15, 0.2) is 35.0 Å². The number of hydrogen-bond acceptors (Lipinski definition) is 3. The van der Waals surface area contributed by atoms with Gasteiger partial charge in [0.05, 0.1) is 10.9 Å². The van der Waals surface area contributed by atoms with E-state index in [1.54, 1.807) is 11.3 Å². The van der Waals surface area contributed by atoms with E-state index in [2.05, 4.69) is 5.32 Å². The van der Waals surface area contributed by atoms with Crippen molar-refractivity contribution in [2.24, 2.45) is 0 Å². The summed E-state index contributed by atoms with van der Waals surface area (Å²) in [5.74, 6) is 0.00546. The van der Waals surface area contributed by atoms with Gasteiger partial charge >= 0.3 is 0 Å². The molecule has 2 aromatic rings. The first-order chi connectivity index (χ1) is 7.27. The molecule has 0 saturated heterocycles. The van der Waals surface area contributed by atoms with E-state index in [0.29, 0.717) is 0 Å². The van der Waals surface area contributed by atoms with Crippen LogP contribution in [-0.2, 0) is 0 Å². The molecule has 0 radical (unpaired) electrons. The summed E-state index contributed by atoms with van der Waals surface area (Å²) in [5, 5.41) is 6.89. The minimum Gasteiger partial charge on any atom is -0.344 e. The lowest BCUT2D eigenvalue weighted by atomic mass is 10.2. The first kappa shape index (κ1) is 10.4. The summed E-state index contributed by atoms with van der Waals surface area (Å²) >= 11 is 3.12. The van der Waals surface area contributed by atoms with Gasteiger partial charge in [-0.2, -0.15) is 0 Å². The van der Waals surface area contributed by atoms with Crippen molar-refractivity contribution in [1.82, 2.24) is 5.32 Å². The second-order valence-corrected chi connectivity index (χ2v) is 5.11. The molecule has 0 fully saturated rings. The summed E-state index contributed by atoms with van der Waals surface area (Å²) < 4.78 is 0. The number of hydrogen-bond donors (Lipinski definition) is 1. The average molecular weight is 237 g/mol. The van der Waals surface area contributed by atoms with E-state index >= 15 is 0 Å². The van der Waals surface area contributed by atoms with Crippen LogP contribution in [-0.4, -0.2) is 5.91 Å². The number of nitrogens with one attached hydrogen (secondary N) is 1. The predicted octanol–water partition coefficient (Wildman–Crippen LogP) is 3.30. The van der Waals surface area contributed by atoms with E-state index in [-0.39, 0.29) is 11.9 Å². The molecular formula is C11H11NOS2. The van der Waals surface area contributed by atoms with E-state index in [1.165, 1.54) is 16.2 Å². The number of carbonyl (C=O) groups is 1. The summed E-state index contributed by atoms with van der Waals surface area (Å²) in [6.07, 6.45) is 0. The zero-order chi connectivity index (χ0) is 10.7. The van der Waals surface area contributed by atoms with Crippen molar-refractivity contribution in [2.75, 3.05) is 0 Å². The summed E-state index contributed by atoms with van der Waals surface area (Å²) in [5.41, 5.74) is 0. The fourth-order valence-electron chi connectivity index (χ4n) is 1.28. The molecule has 2 rings (SSSR count). The molecule has 78 valence electrons. The van der Waals surface area contributed by atoms with Crippen LogP contribution < -0.4 is 5.32 Å². The van der Waals surface area contributed by atoms with Gasteiger partial charge in [0.15, 0.2) is 0 Å². The van der Waals surface area contributed by atoms with Gasteiger partial charge in [0.1, 0.15) is 0 Å². The third-order valence-corrected chi connectivity index (χ3v) is 3.99. The molecule has 4 heteroatoms. The van der Waals surface area contributed by atoms with Gasteiger partial charge in [0.2, 0.25) is 0 Å². The molecule has 1 N–H and O–H groups in total. The average Bonchev–Trinajstić information content (AvgIpc) is 2.91. The lowest BCUT2D eigenvalue weighted by molar-refractivity contribution is 0.0944. The molecule has 0 spiro atoms. The third kappa shape index (κ3) is 2.46. The molecule has 0 aliphatic heterocycles. The Hall–Kier alpha value is -1.13. The summed E-state index contributed by atoms with van der Waals surface area (Å²) in [6, 6.07) is 7.83. The Balaban J connectivity index is 2.01. The molecule has 1 atom stereocenters. The van der Waals surface area contributed by atoms with Gasteiger partial charge in [-0.1, -0.05) is 12.1 Å². The van der Waals surface area contributed by atoms with E-state index in [9.17, 15) is 4.79 Å². The summed E-state index contributed by atoms with van der Waals surface area (Å²) in [7, 11) is 0. The second-order valence-electron chi connectivity index (χ2n) is 3.19. The maximum atomic E-state index is 11.7. The molecule has 0 aromatic carbocycles. The van der Waals surface area contributed by atoms with Gasteiger partial charge in [0.25, 0.3) is 5.91 Å². The SMILES string of the molecule is CC(NC(=O)c1cccs1)c1cccs1. The normalized spacial score (nSPS) is 12.3. The van der Waals surface area contributed by atoms with Crippen LogP contribution in [0, 0.1) is 0 Å². The number of carbonyl (C=O) groups excluding carboxylic acids is 1. The van der Waals surface area contributed by atoms with Crippen molar-refractivity contribution in [3.8, 4) is 0 Å². The topological polar surface area (TPSA) is 29.1 Å². The number of thiophene rings is 2. The van der Waals surface area contributed by atoms with Crippen LogP contribution in [0.5, 0.6) is 0 Å². The minimum atomic E-state index is 0.00546. The van der Waals surface area contributed by atoms with Crippen LogP contribution in [0.2, 0.25) is 0 Å². The zero-order valence-corrected chi connectivity index (χ0v) is 9.90. The number of amides is 1. The van der Waals surface area contributed by atoms with Gasteiger partial charge < -0.3 is 5.32 Å². The highest BCUT2D eigenvalue weighted by Gasteiger charge is 2.12. The number of rotatable bonds is 3. The van der Waals surface area contributed by atoms with E-state index in [1.807, 2.05) is 41.9 Å². The summed E-state index contributed by atoms with van der Waals surface area (Å²) in [6.45, 7) is 2.00. The van der Waals surface area contributed by atoms with Crippen LogP contribution in [0.1, 0.15) is 27.5 Å². The largest absolute Gasteiger partial charge is 0.344 e. The fraction of sp³-hybridized carbons (Fsp3) is 0.182. The van der Waals surface area contributed by atoms with Gasteiger partial charge in [0, 0.05) is 4.88 Å². The molecule has 2 nitrogen and oxygen atoms in total. The van der Waals surface area contributed by atoms with Crippen LogP contribution in [0.4, 0.5) is 0 Å². The van der Waals surface area contributed by atoms with Crippen LogP contribution >= 0.6 is 22.7 Å². The molecule has 0 aliphatic carbocycles. The zero-order valence-electron chi connectivity index (χ0n) is 8.27. The van der Waals surface area contributed by atoms with Crippen LogP contribution in [0.3, 0.4) is 0 Å². The quantitative estimate of drug-likeness (QED) is 0.872. The lowest BCUT2D eigenvalue weighted by Gasteiger charge is -2.10. The van der Waals surface area contributed by atoms with E-state index in [0.717, 1.165) is 4.88 Å². The monoisotopic (exact) mass is 237 g/mol. The molecule has 0 aliphatic rings. The Morgan fingerprint density at radius 1 is 1.27 bits per heavy atom. The van der Waals surface area contributed by atoms with Gasteiger partial charge in [-0.15, -0.1) is 22.7 Å². The molecule has 1 unspecified atom stereocenters. The van der Waals surface area contributed by atoms with Crippen molar-refractivity contribution < 1.29 is 4.79 Å². The third-order valence-electron chi connectivity index (χ3n) is 2.06. The van der Waals surface area contributed by atoms with E-state index in [4.69, 9.17) is 0 Å². The molecule has 2 heterocycles. The molecule has 0 saturated carbocycles. The highest BCUT2D eigenvalue weighted by Crippen LogP contribution is 2.19. The van der Waals surface area contributed by atoms with E-state index < -0.39 is 0 Å². The van der Waals surface area contributed by atoms with Crippen LogP contribution in [0.25, 0.3) is 0 Å². The smallest absolute Gasteiger partial charge is 0.261 e. The molecule has 2 aromatic heterocycles. The predicted molar refractivity (Wildman–Crippen MR) is 64.5 cm³/mol. The highest BCUT2D eigenvalue weighted by molar-refractivity contribution is 7.12. The Bertz CT molecular complexity index is 419. The van der Waals surface area contributed by atoms with Crippen molar-refractivity contribution in [3.05, 3.63) is 44.8 Å². The minimum absolute atomic E-state index is 0.00546. The van der Waals surface area contributed by atoms with Gasteiger partial charge in [-0.05, 0) is 29.8 Å². The van der Waals surface area contributed by atoms with Crippen molar-refractivity contribution >= 4 is 28.6 Å². The maximum absolute atomic E-state index is 11.7.